The first-order valence-corrected chi connectivity index (χ1v) is 7.66. The van der Waals surface area contributed by atoms with Crippen LogP contribution < -0.4 is 0 Å². The van der Waals surface area contributed by atoms with E-state index in [0.29, 0.717) is 6.61 Å². The topological polar surface area (TPSA) is 71.9 Å². The van der Waals surface area contributed by atoms with Crippen molar-refractivity contribution in [3.05, 3.63) is 60.3 Å². The lowest BCUT2D eigenvalue weighted by Gasteiger charge is -2.34. The van der Waals surface area contributed by atoms with Gasteiger partial charge in [-0.15, -0.1) is 0 Å². The molecule has 1 aliphatic heterocycles. The molecule has 1 unspecified atom stereocenters. The van der Waals surface area contributed by atoms with Gasteiger partial charge < -0.3 is 4.74 Å². The van der Waals surface area contributed by atoms with Gasteiger partial charge in [-0.3, -0.25) is 10.00 Å². The van der Waals surface area contributed by atoms with Crippen LogP contribution in [0.2, 0.25) is 0 Å². The molecule has 7 nitrogen and oxygen atoms in total. The molecule has 7 heteroatoms. The number of hydrogen-bond acceptors (Lipinski definition) is 5. The van der Waals surface area contributed by atoms with E-state index in [1.54, 1.807) is 17.1 Å². The fraction of sp³-hybridized carbons (Fsp3) is 0.312. The van der Waals surface area contributed by atoms with Crippen LogP contribution in [0.5, 0.6) is 0 Å². The van der Waals surface area contributed by atoms with Gasteiger partial charge in [0.15, 0.2) is 5.82 Å². The van der Waals surface area contributed by atoms with E-state index in [2.05, 4.69) is 31.2 Å². The first-order chi connectivity index (χ1) is 11.4. The van der Waals surface area contributed by atoms with E-state index in [4.69, 9.17) is 4.74 Å². The van der Waals surface area contributed by atoms with Crippen LogP contribution in [0, 0.1) is 0 Å². The maximum absolute atomic E-state index is 5.63. The van der Waals surface area contributed by atoms with Crippen LogP contribution in [0.3, 0.4) is 0 Å². The van der Waals surface area contributed by atoms with Gasteiger partial charge in [0.1, 0.15) is 0 Å². The highest BCUT2D eigenvalue weighted by atomic mass is 16.5. The minimum Gasteiger partial charge on any atom is -0.378 e. The number of ether oxygens (including phenoxy) is 1. The third-order valence-electron chi connectivity index (χ3n) is 4.05. The van der Waals surface area contributed by atoms with Crippen molar-refractivity contribution in [2.45, 2.75) is 12.6 Å². The number of nitrogens with one attached hydrogen (secondary N) is 1. The van der Waals surface area contributed by atoms with E-state index in [-0.39, 0.29) is 6.04 Å². The summed E-state index contributed by atoms with van der Waals surface area (Å²) in [5.41, 5.74) is 2.26. The summed E-state index contributed by atoms with van der Waals surface area (Å²) in [5.74, 6) is 0.825. The zero-order valence-corrected chi connectivity index (χ0v) is 12.7. The smallest absolute Gasteiger partial charge is 0.153 e. The van der Waals surface area contributed by atoms with Gasteiger partial charge in [-0.05, 0) is 23.8 Å². The predicted octanol–water partition coefficient (Wildman–Crippen LogP) is 1.56. The molecule has 1 fully saturated rings. The number of H-pyrrole nitrogens is 1. The molecule has 1 aliphatic rings. The molecule has 0 amide bonds. The Morgan fingerprint density at radius 2 is 2.26 bits per heavy atom. The Kier molecular flexibility index (Phi) is 3.87. The summed E-state index contributed by atoms with van der Waals surface area (Å²) in [6.07, 6.45) is 7.33. The lowest BCUT2D eigenvalue weighted by molar-refractivity contribution is -0.0143. The average molecular weight is 310 g/mol. The minimum absolute atomic E-state index is 0.206. The molecule has 0 bridgehead atoms. The molecule has 0 saturated carbocycles. The second-order valence-corrected chi connectivity index (χ2v) is 5.55. The van der Waals surface area contributed by atoms with Crippen LogP contribution in [0.1, 0.15) is 17.3 Å². The van der Waals surface area contributed by atoms with Crippen molar-refractivity contribution < 1.29 is 4.74 Å². The van der Waals surface area contributed by atoms with Crippen LogP contribution >= 0.6 is 0 Å². The van der Waals surface area contributed by atoms with Crippen molar-refractivity contribution in [1.29, 1.82) is 0 Å². The quantitative estimate of drug-likeness (QED) is 0.792. The van der Waals surface area contributed by atoms with Crippen molar-refractivity contribution in [2.24, 2.45) is 0 Å². The van der Waals surface area contributed by atoms with E-state index >= 15 is 0 Å². The van der Waals surface area contributed by atoms with Gasteiger partial charge in [-0.1, -0.05) is 6.07 Å². The molecule has 3 aromatic heterocycles. The summed E-state index contributed by atoms with van der Waals surface area (Å²) >= 11 is 0. The van der Waals surface area contributed by atoms with Crippen molar-refractivity contribution in [3.8, 4) is 5.82 Å². The molecule has 1 atom stereocenters. The number of aromatic amines is 1. The second kappa shape index (κ2) is 6.31. The fourth-order valence-electron chi connectivity index (χ4n) is 2.85. The van der Waals surface area contributed by atoms with Crippen LogP contribution in [-0.2, 0) is 11.3 Å². The third-order valence-corrected chi connectivity index (χ3v) is 4.05. The fourth-order valence-corrected chi connectivity index (χ4v) is 2.85. The highest BCUT2D eigenvalue weighted by Crippen LogP contribution is 2.24. The van der Waals surface area contributed by atoms with Gasteiger partial charge in [0.2, 0.25) is 0 Å². The molecule has 0 radical (unpaired) electrons. The molecule has 0 aromatic carbocycles. The first-order valence-electron chi connectivity index (χ1n) is 7.66. The highest BCUT2D eigenvalue weighted by Gasteiger charge is 2.25. The van der Waals surface area contributed by atoms with Crippen molar-refractivity contribution in [1.82, 2.24) is 29.9 Å². The average Bonchev–Trinajstić information content (AvgIpc) is 3.30. The van der Waals surface area contributed by atoms with Crippen molar-refractivity contribution >= 4 is 0 Å². The van der Waals surface area contributed by atoms with E-state index in [0.717, 1.165) is 31.2 Å². The largest absolute Gasteiger partial charge is 0.378 e. The van der Waals surface area contributed by atoms with Gasteiger partial charge in [0.25, 0.3) is 0 Å². The van der Waals surface area contributed by atoms with Gasteiger partial charge in [-0.25, -0.2) is 9.67 Å². The molecule has 4 heterocycles. The monoisotopic (exact) mass is 310 g/mol. The molecular formula is C16H18N6O. The van der Waals surface area contributed by atoms with E-state index in [1.165, 1.54) is 5.56 Å². The normalized spacial score (nSPS) is 19.0. The first kappa shape index (κ1) is 14.1. The summed E-state index contributed by atoms with van der Waals surface area (Å²) in [4.78, 5) is 6.89. The standard InChI is InChI=1S/C16H18N6O/c1-5-19-22(7-1)16-3-2-13(10-17-16)11-21-8-9-23-12-15(21)14-4-6-18-20-14/h1-7,10,15H,8-9,11-12H2,(H,18,20). The second-order valence-electron chi connectivity index (χ2n) is 5.55. The number of pyridine rings is 1. The number of morpholine rings is 1. The molecule has 118 valence electrons. The van der Waals surface area contributed by atoms with Gasteiger partial charge in [0, 0.05) is 37.9 Å². The van der Waals surface area contributed by atoms with Crippen LogP contribution in [-0.4, -0.2) is 49.6 Å². The maximum atomic E-state index is 5.63. The lowest BCUT2D eigenvalue weighted by Crippen LogP contribution is -2.39. The molecular weight excluding hydrogens is 292 g/mol. The van der Waals surface area contributed by atoms with Crippen LogP contribution in [0.15, 0.2) is 49.1 Å². The Morgan fingerprint density at radius 1 is 1.26 bits per heavy atom. The predicted molar refractivity (Wildman–Crippen MR) is 83.9 cm³/mol. The summed E-state index contributed by atoms with van der Waals surface area (Å²) in [6, 6.07) is 8.19. The zero-order chi connectivity index (χ0) is 15.5. The van der Waals surface area contributed by atoms with Crippen LogP contribution in [0.25, 0.3) is 5.82 Å². The molecule has 4 rings (SSSR count). The summed E-state index contributed by atoms with van der Waals surface area (Å²) < 4.78 is 7.38. The number of nitrogens with zero attached hydrogens (tertiary/aromatic N) is 5. The summed E-state index contributed by atoms with van der Waals surface area (Å²) in [6.45, 7) is 3.16. The summed E-state index contributed by atoms with van der Waals surface area (Å²) in [7, 11) is 0. The molecule has 1 N–H and O–H groups in total. The Bertz CT molecular complexity index is 723. The van der Waals surface area contributed by atoms with Crippen molar-refractivity contribution in [2.75, 3.05) is 19.8 Å². The van der Waals surface area contributed by atoms with Gasteiger partial charge in [-0.2, -0.15) is 10.2 Å². The lowest BCUT2D eigenvalue weighted by atomic mass is 10.1. The minimum atomic E-state index is 0.206. The number of hydrogen-bond donors (Lipinski definition) is 1. The SMILES string of the molecule is c1cnn(-c2ccc(CN3CCOCC3c3ccn[nH]3)cn2)c1. The van der Waals surface area contributed by atoms with Crippen molar-refractivity contribution in [3.63, 3.8) is 0 Å². The molecule has 0 aliphatic carbocycles. The van der Waals surface area contributed by atoms with Gasteiger partial charge in [0.05, 0.1) is 24.9 Å². The third kappa shape index (κ3) is 3.01. The van der Waals surface area contributed by atoms with E-state index < -0.39 is 0 Å². The number of aromatic nitrogens is 5. The maximum Gasteiger partial charge on any atom is 0.153 e. The molecule has 0 spiro atoms. The molecule has 3 aromatic rings. The highest BCUT2D eigenvalue weighted by molar-refractivity contribution is 5.24. The van der Waals surface area contributed by atoms with E-state index in [9.17, 15) is 0 Å². The number of rotatable bonds is 4. The zero-order valence-electron chi connectivity index (χ0n) is 12.7. The van der Waals surface area contributed by atoms with Gasteiger partial charge >= 0.3 is 0 Å². The Labute approximate surface area is 133 Å². The Morgan fingerprint density at radius 3 is 3.00 bits per heavy atom. The summed E-state index contributed by atoms with van der Waals surface area (Å²) in [5, 5.41) is 11.3. The molecule has 23 heavy (non-hydrogen) atoms. The van der Waals surface area contributed by atoms with E-state index in [1.807, 2.05) is 30.6 Å². The van der Waals surface area contributed by atoms with Crippen LogP contribution in [0.4, 0.5) is 0 Å². The Balaban J connectivity index is 1.50. The Hall–Kier alpha value is -2.51. The molecule has 1 saturated heterocycles.